The number of benzene rings is 3. The second kappa shape index (κ2) is 8.78. The zero-order valence-electron chi connectivity index (χ0n) is 14.5. The van der Waals surface area contributed by atoms with Crippen molar-refractivity contribution in [2.24, 2.45) is 0 Å². The van der Waals surface area contributed by atoms with Crippen molar-refractivity contribution in [3.63, 3.8) is 0 Å². The molecule has 0 bridgehead atoms. The monoisotopic (exact) mass is 415 g/mol. The number of carboxylic acid groups (broad SMARTS) is 1. The average Bonchev–Trinajstić information content (AvgIpc) is 2.68. The lowest BCUT2D eigenvalue weighted by molar-refractivity contribution is 0.0696. The second-order valence-electron chi connectivity index (χ2n) is 5.86. The third-order valence-corrected chi connectivity index (χ3v) is 4.62. The van der Waals surface area contributed by atoms with Crippen LogP contribution in [0.3, 0.4) is 0 Å². The van der Waals surface area contributed by atoms with Crippen LogP contribution in [0.15, 0.2) is 66.7 Å². The fourth-order valence-corrected chi connectivity index (χ4v) is 2.99. The Bertz CT molecular complexity index is 1020. The van der Waals surface area contributed by atoms with E-state index in [0.717, 1.165) is 0 Å². The number of carbonyl (C=O) groups excluding carboxylic acids is 1. The highest BCUT2D eigenvalue weighted by Crippen LogP contribution is 2.26. The van der Waals surface area contributed by atoms with Gasteiger partial charge in [0.2, 0.25) is 0 Å². The molecule has 5 nitrogen and oxygen atoms in total. The summed E-state index contributed by atoms with van der Waals surface area (Å²) in [6, 6.07) is 17.8. The van der Waals surface area contributed by atoms with Crippen LogP contribution in [0.2, 0.25) is 10.0 Å². The number of rotatable bonds is 6. The first-order valence-electron chi connectivity index (χ1n) is 8.24. The van der Waals surface area contributed by atoms with Crippen LogP contribution in [0.5, 0.6) is 5.75 Å². The molecule has 3 rings (SSSR count). The van der Waals surface area contributed by atoms with Gasteiger partial charge in [0, 0.05) is 26.9 Å². The van der Waals surface area contributed by atoms with E-state index in [9.17, 15) is 9.59 Å². The number of hydrogen-bond acceptors (Lipinski definition) is 3. The van der Waals surface area contributed by atoms with Crippen molar-refractivity contribution in [3.8, 4) is 5.75 Å². The number of aromatic carboxylic acids is 1. The van der Waals surface area contributed by atoms with Crippen molar-refractivity contribution < 1.29 is 19.4 Å². The largest absolute Gasteiger partial charge is 0.489 e. The average molecular weight is 416 g/mol. The molecule has 28 heavy (non-hydrogen) atoms. The molecule has 3 aromatic carbocycles. The smallest absolute Gasteiger partial charge is 0.335 e. The Kier molecular flexibility index (Phi) is 6.19. The van der Waals surface area contributed by atoms with Crippen LogP contribution in [0.1, 0.15) is 26.3 Å². The molecular weight excluding hydrogens is 401 g/mol. The van der Waals surface area contributed by atoms with Crippen molar-refractivity contribution >= 4 is 40.8 Å². The van der Waals surface area contributed by atoms with Crippen LogP contribution in [0.4, 0.5) is 5.69 Å². The van der Waals surface area contributed by atoms with E-state index in [1.165, 1.54) is 12.1 Å². The first-order chi connectivity index (χ1) is 13.4. The Morgan fingerprint density at radius 1 is 0.893 bits per heavy atom. The predicted octanol–water partition coefficient (Wildman–Crippen LogP) is 5.52. The first kappa shape index (κ1) is 19.7. The maximum atomic E-state index is 12.5. The number of hydrogen-bond donors (Lipinski definition) is 2. The van der Waals surface area contributed by atoms with Gasteiger partial charge in [-0.25, -0.2) is 4.79 Å². The lowest BCUT2D eigenvalue weighted by Gasteiger charge is -2.11. The summed E-state index contributed by atoms with van der Waals surface area (Å²) >= 11 is 12.3. The number of nitrogens with one attached hydrogen (secondary N) is 1. The molecule has 0 aromatic heterocycles. The van der Waals surface area contributed by atoms with E-state index in [1.54, 1.807) is 54.6 Å². The van der Waals surface area contributed by atoms with Gasteiger partial charge in [-0.2, -0.15) is 0 Å². The van der Waals surface area contributed by atoms with Crippen LogP contribution >= 0.6 is 23.2 Å². The Morgan fingerprint density at radius 2 is 1.54 bits per heavy atom. The van der Waals surface area contributed by atoms with Crippen molar-refractivity contribution in [1.29, 1.82) is 0 Å². The summed E-state index contributed by atoms with van der Waals surface area (Å²) in [4.78, 5) is 23.5. The van der Waals surface area contributed by atoms with Crippen LogP contribution in [0.25, 0.3) is 0 Å². The Labute approximate surface area is 171 Å². The number of ether oxygens (including phenoxy) is 1. The first-order valence-corrected chi connectivity index (χ1v) is 9.00. The highest BCUT2D eigenvalue weighted by Gasteiger charge is 2.11. The van der Waals surface area contributed by atoms with E-state index in [0.29, 0.717) is 32.6 Å². The van der Waals surface area contributed by atoms with Gasteiger partial charge >= 0.3 is 5.97 Å². The molecule has 0 saturated heterocycles. The van der Waals surface area contributed by atoms with Gasteiger partial charge in [0.25, 0.3) is 5.91 Å². The molecule has 2 N–H and O–H groups in total. The number of anilines is 1. The summed E-state index contributed by atoms with van der Waals surface area (Å²) in [5.41, 5.74) is 1.50. The molecular formula is C21H15Cl2NO4. The van der Waals surface area contributed by atoms with Crippen molar-refractivity contribution in [2.45, 2.75) is 6.61 Å². The maximum Gasteiger partial charge on any atom is 0.335 e. The summed E-state index contributed by atoms with van der Waals surface area (Å²) in [5, 5.41) is 12.7. The van der Waals surface area contributed by atoms with Gasteiger partial charge in [-0.15, -0.1) is 0 Å². The molecule has 0 spiro atoms. The van der Waals surface area contributed by atoms with Gasteiger partial charge in [-0.3, -0.25) is 4.79 Å². The fourth-order valence-electron chi connectivity index (χ4n) is 2.49. The summed E-state index contributed by atoms with van der Waals surface area (Å²) in [5.74, 6) is -0.976. The second-order valence-corrected chi connectivity index (χ2v) is 6.67. The van der Waals surface area contributed by atoms with Gasteiger partial charge in [0.15, 0.2) is 0 Å². The Hall–Kier alpha value is -3.02. The van der Waals surface area contributed by atoms with Crippen molar-refractivity contribution in [3.05, 3.63) is 93.5 Å². The molecule has 0 fully saturated rings. The van der Waals surface area contributed by atoms with Crippen molar-refractivity contribution in [2.75, 3.05) is 5.32 Å². The minimum atomic E-state index is -1.07. The molecule has 7 heteroatoms. The molecule has 0 aliphatic carbocycles. The molecule has 142 valence electrons. The van der Waals surface area contributed by atoms with E-state index in [4.69, 9.17) is 33.0 Å². The number of halogens is 2. The van der Waals surface area contributed by atoms with E-state index >= 15 is 0 Å². The summed E-state index contributed by atoms with van der Waals surface area (Å²) < 4.78 is 5.72. The standard InChI is InChI=1S/C21H15Cl2NO4/c22-18-8-3-9-19(23)17(18)12-28-16-7-2-4-13(11-16)20(25)24-15-6-1-5-14(10-15)21(26)27/h1-11H,12H2,(H,24,25)(H,26,27). The molecule has 3 aromatic rings. The van der Waals surface area contributed by atoms with Gasteiger partial charge in [-0.1, -0.05) is 41.4 Å². The number of carboxylic acids is 1. The third-order valence-electron chi connectivity index (χ3n) is 3.91. The van der Waals surface area contributed by atoms with Crippen LogP contribution in [-0.2, 0) is 6.61 Å². The molecule has 1 amide bonds. The highest BCUT2D eigenvalue weighted by atomic mass is 35.5. The minimum absolute atomic E-state index is 0.0894. The minimum Gasteiger partial charge on any atom is -0.489 e. The zero-order valence-corrected chi connectivity index (χ0v) is 16.0. The van der Waals surface area contributed by atoms with E-state index in [2.05, 4.69) is 5.32 Å². The summed E-state index contributed by atoms with van der Waals surface area (Å²) in [7, 11) is 0. The quantitative estimate of drug-likeness (QED) is 0.555. The third kappa shape index (κ3) is 4.82. The molecule has 0 aliphatic heterocycles. The fraction of sp³-hybridized carbons (Fsp3) is 0.0476. The molecule has 0 radical (unpaired) electrons. The Morgan fingerprint density at radius 3 is 2.25 bits per heavy atom. The number of carbonyl (C=O) groups is 2. The summed E-state index contributed by atoms with van der Waals surface area (Å²) in [6.07, 6.45) is 0. The molecule has 0 heterocycles. The topological polar surface area (TPSA) is 75.6 Å². The van der Waals surface area contributed by atoms with E-state index in [-0.39, 0.29) is 18.1 Å². The predicted molar refractivity (Wildman–Crippen MR) is 109 cm³/mol. The lowest BCUT2D eigenvalue weighted by atomic mass is 10.1. The lowest BCUT2D eigenvalue weighted by Crippen LogP contribution is -2.12. The van der Waals surface area contributed by atoms with Gasteiger partial charge < -0.3 is 15.2 Å². The van der Waals surface area contributed by atoms with Crippen molar-refractivity contribution in [1.82, 2.24) is 0 Å². The molecule has 0 saturated carbocycles. The normalized spacial score (nSPS) is 10.4. The highest BCUT2D eigenvalue weighted by molar-refractivity contribution is 6.35. The SMILES string of the molecule is O=C(O)c1cccc(NC(=O)c2cccc(OCc3c(Cl)cccc3Cl)c2)c1. The summed E-state index contributed by atoms with van der Waals surface area (Å²) in [6.45, 7) is 0.157. The van der Waals surface area contributed by atoms with Gasteiger partial charge in [0.05, 0.1) is 5.56 Å². The molecule has 0 unspecified atom stereocenters. The molecule has 0 aliphatic rings. The van der Waals surface area contributed by atoms with Gasteiger partial charge in [-0.05, 0) is 48.5 Å². The van der Waals surface area contributed by atoms with Gasteiger partial charge in [0.1, 0.15) is 12.4 Å². The molecule has 0 atom stereocenters. The number of amides is 1. The van der Waals surface area contributed by atoms with E-state index in [1.807, 2.05) is 0 Å². The zero-order chi connectivity index (χ0) is 20.1. The Balaban J connectivity index is 1.71. The van der Waals surface area contributed by atoms with Crippen LogP contribution in [-0.4, -0.2) is 17.0 Å². The van der Waals surface area contributed by atoms with Crippen LogP contribution < -0.4 is 10.1 Å². The van der Waals surface area contributed by atoms with E-state index < -0.39 is 5.97 Å². The maximum absolute atomic E-state index is 12.5. The van der Waals surface area contributed by atoms with Crippen LogP contribution in [0, 0.1) is 0 Å².